The van der Waals surface area contributed by atoms with E-state index < -0.39 is 29.3 Å². The van der Waals surface area contributed by atoms with Gasteiger partial charge in [0.15, 0.2) is 5.69 Å². The van der Waals surface area contributed by atoms with Crippen molar-refractivity contribution in [1.29, 1.82) is 0 Å². The molecule has 2 aromatic heterocycles. The standard InChI is InChI=1S/C30H21F5N6O2/c1-36-27-22(31)7-4-17-13-26(42)40(28(17)27)19-8-11-39(12-9-19)29(43)24-15-25(18-3-2-10-37-16-18)41(38-24)20-5-6-21(23(32)14-20)30(33,34)35/h2-7,10,14-16,19H,8-9,11-13H2. The van der Waals surface area contributed by atoms with E-state index in [9.17, 15) is 31.5 Å². The van der Waals surface area contributed by atoms with Gasteiger partial charge in [0.25, 0.3) is 5.91 Å². The van der Waals surface area contributed by atoms with Crippen LogP contribution in [0.5, 0.6) is 0 Å². The van der Waals surface area contributed by atoms with Crippen LogP contribution in [-0.2, 0) is 17.4 Å². The summed E-state index contributed by atoms with van der Waals surface area (Å²) in [5.41, 5.74) is 0.0395. The Balaban J connectivity index is 1.27. The van der Waals surface area contributed by atoms with Gasteiger partial charge in [-0.3, -0.25) is 14.6 Å². The molecule has 13 heteroatoms. The molecule has 0 spiro atoms. The van der Waals surface area contributed by atoms with Crippen LogP contribution in [0, 0.1) is 18.2 Å². The highest BCUT2D eigenvalue weighted by molar-refractivity contribution is 6.05. The van der Waals surface area contributed by atoms with Crippen molar-refractivity contribution in [2.24, 2.45) is 0 Å². The summed E-state index contributed by atoms with van der Waals surface area (Å²) in [5.74, 6) is -2.88. The summed E-state index contributed by atoms with van der Waals surface area (Å²) in [7, 11) is 0. The number of amides is 2. The van der Waals surface area contributed by atoms with E-state index in [0.29, 0.717) is 41.8 Å². The van der Waals surface area contributed by atoms with E-state index in [4.69, 9.17) is 6.57 Å². The monoisotopic (exact) mass is 592 g/mol. The number of hydrogen-bond acceptors (Lipinski definition) is 4. The Morgan fingerprint density at radius 2 is 1.79 bits per heavy atom. The molecule has 2 aromatic carbocycles. The third kappa shape index (κ3) is 4.98. The number of pyridine rings is 1. The van der Waals surface area contributed by atoms with Gasteiger partial charge in [-0.25, -0.2) is 18.3 Å². The predicted octanol–water partition coefficient (Wildman–Crippen LogP) is 5.98. The number of hydrogen-bond donors (Lipinski definition) is 0. The lowest BCUT2D eigenvalue weighted by atomic mass is 10.0. The predicted molar refractivity (Wildman–Crippen MR) is 145 cm³/mol. The molecule has 0 bridgehead atoms. The van der Waals surface area contributed by atoms with Gasteiger partial charge < -0.3 is 9.80 Å². The average Bonchev–Trinajstić information content (AvgIpc) is 3.58. The van der Waals surface area contributed by atoms with Crippen molar-refractivity contribution < 1.29 is 31.5 Å². The molecule has 4 aromatic rings. The number of nitrogens with zero attached hydrogens (tertiary/aromatic N) is 6. The molecule has 218 valence electrons. The van der Waals surface area contributed by atoms with Crippen LogP contribution in [-0.4, -0.2) is 50.6 Å². The Labute approximate surface area is 241 Å². The lowest BCUT2D eigenvalue weighted by Crippen LogP contribution is -2.48. The molecule has 0 unspecified atom stereocenters. The van der Waals surface area contributed by atoms with Crippen LogP contribution in [0.25, 0.3) is 21.8 Å². The number of benzene rings is 2. The highest BCUT2D eigenvalue weighted by Gasteiger charge is 2.39. The average molecular weight is 593 g/mol. The third-order valence-electron chi connectivity index (χ3n) is 7.65. The van der Waals surface area contributed by atoms with Crippen LogP contribution >= 0.6 is 0 Å². The topological polar surface area (TPSA) is 75.7 Å². The second-order valence-electron chi connectivity index (χ2n) is 10.2. The second-order valence-corrected chi connectivity index (χ2v) is 10.2. The first kappa shape index (κ1) is 28.0. The Hall–Kier alpha value is -5.12. The lowest BCUT2D eigenvalue weighted by Gasteiger charge is -2.37. The van der Waals surface area contributed by atoms with Crippen molar-refractivity contribution in [3.05, 3.63) is 101 Å². The van der Waals surface area contributed by atoms with E-state index in [1.807, 2.05) is 0 Å². The molecular weight excluding hydrogens is 571 g/mol. The maximum absolute atomic E-state index is 14.5. The van der Waals surface area contributed by atoms with Crippen LogP contribution in [0.15, 0.2) is 60.9 Å². The first-order chi connectivity index (χ1) is 20.6. The van der Waals surface area contributed by atoms with Crippen molar-refractivity contribution in [1.82, 2.24) is 19.7 Å². The summed E-state index contributed by atoms with van der Waals surface area (Å²) >= 11 is 0. The van der Waals surface area contributed by atoms with E-state index >= 15 is 0 Å². The van der Waals surface area contributed by atoms with Gasteiger partial charge in [0.1, 0.15) is 11.6 Å². The van der Waals surface area contributed by atoms with Crippen molar-refractivity contribution in [3.63, 3.8) is 0 Å². The van der Waals surface area contributed by atoms with E-state index in [-0.39, 0.29) is 54.2 Å². The summed E-state index contributed by atoms with van der Waals surface area (Å²) in [6.07, 6.45) is -1.07. The largest absolute Gasteiger partial charge is 0.419 e. The van der Waals surface area contributed by atoms with E-state index in [0.717, 1.165) is 6.07 Å². The maximum atomic E-state index is 14.5. The van der Waals surface area contributed by atoms with Crippen molar-refractivity contribution in [2.75, 3.05) is 18.0 Å². The number of fused-ring (bicyclic) bond motifs is 1. The molecule has 2 aliphatic rings. The molecule has 4 heterocycles. The minimum Gasteiger partial charge on any atom is -0.337 e. The molecule has 1 fully saturated rings. The van der Waals surface area contributed by atoms with Gasteiger partial charge in [-0.2, -0.15) is 18.3 Å². The second kappa shape index (κ2) is 10.6. The smallest absolute Gasteiger partial charge is 0.337 e. The van der Waals surface area contributed by atoms with Gasteiger partial charge in [-0.05, 0) is 54.8 Å². The normalized spacial score (nSPS) is 15.5. The van der Waals surface area contributed by atoms with Crippen molar-refractivity contribution in [2.45, 2.75) is 31.5 Å². The zero-order valence-corrected chi connectivity index (χ0v) is 22.3. The maximum Gasteiger partial charge on any atom is 0.419 e. The number of carbonyl (C=O) groups is 2. The van der Waals surface area contributed by atoms with Gasteiger partial charge in [0.05, 0.1) is 35.6 Å². The number of likely N-dealkylation sites (tertiary alicyclic amines) is 1. The van der Waals surface area contributed by atoms with E-state index in [1.165, 1.54) is 45.1 Å². The Bertz CT molecular complexity index is 1790. The quantitative estimate of drug-likeness (QED) is 0.216. The van der Waals surface area contributed by atoms with E-state index in [1.54, 1.807) is 12.1 Å². The molecular formula is C30H21F5N6O2. The van der Waals surface area contributed by atoms with Crippen molar-refractivity contribution in [3.8, 4) is 16.9 Å². The van der Waals surface area contributed by atoms with Gasteiger partial charge in [0.2, 0.25) is 11.6 Å². The third-order valence-corrected chi connectivity index (χ3v) is 7.65. The number of rotatable bonds is 4. The molecule has 2 amide bonds. The summed E-state index contributed by atoms with van der Waals surface area (Å²) in [5, 5.41) is 4.35. The molecule has 0 saturated carbocycles. The van der Waals surface area contributed by atoms with Crippen LogP contribution in [0.1, 0.15) is 34.5 Å². The molecule has 0 radical (unpaired) electrons. The number of alkyl halides is 3. The molecule has 0 atom stereocenters. The molecule has 8 nitrogen and oxygen atoms in total. The van der Waals surface area contributed by atoms with Crippen LogP contribution in [0.2, 0.25) is 0 Å². The molecule has 43 heavy (non-hydrogen) atoms. The highest BCUT2D eigenvalue weighted by atomic mass is 19.4. The zero-order valence-electron chi connectivity index (χ0n) is 22.3. The lowest BCUT2D eigenvalue weighted by molar-refractivity contribution is -0.140. The van der Waals surface area contributed by atoms with Crippen LogP contribution < -0.4 is 4.90 Å². The van der Waals surface area contributed by atoms with Crippen molar-refractivity contribution >= 4 is 23.2 Å². The van der Waals surface area contributed by atoms with E-state index in [2.05, 4.69) is 14.9 Å². The number of carbonyl (C=O) groups excluding carboxylic acids is 2. The molecule has 1 saturated heterocycles. The molecule has 0 aliphatic carbocycles. The molecule has 6 rings (SSSR count). The summed E-state index contributed by atoms with van der Waals surface area (Å²) in [6.45, 7) is 7.87. The first-order valence-corrected chi connectivity index (χ1v) is 13.2. The minimum absolute atomic E-state index is 0.0161. The number of anilines is 1. The van der Waals surface area contributed by atoms with Crippen LogP contribution in [0.4, 0.5) is 33.3 Å². The van der Waals surface area contributed by atoms with Gasteiger partial charge >= 0.3 is 6.18 Å². The first-order valence-electron chi connectivity index (χ1n) is 13.2. The summed E-state index contributed by atoms with van der Waals surface area (Å²) < 4.78 is 69.5. The highest BCUT2D eigenvalue weighted by Crippen LogP contribution is 2.42. The minimum atomic E-state index is -4.88. The number of halogens is 5. The fourth-order valence-electron chi connectivity index (χ4n) is 5.63. The van der Waals surface area contributed by atoms with Gasteiger partial charge in [-0.15, -0.1) is 0 Å². The SMILES string of the molecule is [C-]#[N+]c1c(F)ccc2c1N(C1CCN(C(=O)c3cc(-c4cccnc4)n(-c4ccc(C(F)(F)F)c(F)c4)n3)CC1)C(=O)C2. The van der Waals surface area contributed by atoms with Gasteiger partial charge in [-0.1, -0.05) is 6.07 Å². The summed E-state index contributed by atoms with van der Waals surface area (Å²) in [6, 6.07) is 9.52. The molecule has 0 N–H and O–H groups in total. The number of aromatic nitrogens is 3. The fraction of sp³-hybridized carbons (Fsp3) is 0.233. The number of piperidine rings is 1. The zero-order chi connectivity index (χ0) is 30.5. The summed E-state index contributed by atoms with van der Waals surface area (Å²) in [4.78, 5) is 36.8. The fourth-order valence-corrected chi connectivity index (χ4v) is 5.63. The van der Waals surface area contributed by atoms with Gasteiger partial charge in [0, 0.05) is 43.2 Å². The Morgan fingerprint density at radius 3 is 2.44 bits per heavy atom. The van der Waals surface area contributed by atoms with Crippen LogP contribution in [0.3, 0.4) is 0 Å². The Morgan fingerprint density at radius 1 is 1.02 bits per heavy atom. The molecule has 2 aliphatic heterocycles. The Kier molecular flexibility index (Phi) is 6.92.